The summed E-state index contributed by atoms with van der Waals surface area (Å²) < 4.78 is 4.86. The molecule has 120 valence electrons. The van der Waals surface area contributed by atoms with Crippen LogP contribution in [-0.4, -0.2) is 49.7 Å². The summed E-state index contributed by atoms with van der Waals surface area (Å²) in [5, 5.41) is 3.08. The van der Waals surface area contributed by atoms with E-state index >= 15 is 0 Å². The molecule has 0 aromatic carbocycles. The SMILES string of the molecule is CNC(C)(CCCCN(CC(C)C)C(C)C)C(=O)OC. The van der Waals surface area contributed by atoms with Crippen LogP contribution in [0.4, 0.5) is 0 Å². The van der Waals surface area contributed by atoms with E-state index < -0.39 is 5.54 Å². The lowest BCUT2D eigenvalue weighted by molar-refractivity contribution is -0.148. The largest absolute Gasteiger partial charge is 0.468 e. The van der Waals surface area contributed by atoms with Crippen LogP contribution in [0.1, 0.15) is 53.9 Å². The van der Waals surface area contributed by atoms with Crippen LogP contribution in [0.15, 0.2) is 0 Å². The molecule has 0 amide bonds. The lowest BCUT2D eigenvalue weighted by atomic mass is 9.95. The maximum Gasteiger partial charge on any atom is 0.325 e. The Balaban J connectivity index is 4.18. The van der Waals surface area contributed by atoms with Crippen molar-refractivity contribution < 1.29 is 9.53 Å². The number of hydrogen-bond acceptors (Lipinski definition) is 4. The number of unbranched alkanes of at least 4 members (excludes halogenated alkanes) is 1. The van der Waals surface area contributed by atoms with Gasteiger partial charge in [0.15, 0.2) is 0 Å². The summed E-state index contributed by atoms with van der Waals surface area (Å²) in [6.07, 6.45) is 2.94. The van der Waals surface area contributed by atoms with Crippen LogP contribution >= 0.6 is 0 Å². The van der Waals surface area contributed by atoms with Gasteiger partial charge in [0.05, 0.1) is 7.11 Å². The molecule has 4 heteroatoms. The van der Waals surface area contributed by atoms with Crippen molar-refractivity contribution in [2.24, 2.45) is 5.92 Å². The lowest BCUT2D eigenvalue weighted by Gasteiger charge is -2.29. The third-order valence-corrected chi connectivity index (χ3v) is 3.89. The van der Waals surface area contributed by atoms with E-state index in [4.69, 9.17) is 4.74 Å². The first-order valence-electron chi connectivity index (χ1n) is 7.78. The molecule has 0 fully saturated rings. The van der Waals surface area contributed by atoms with Crippen molar-refractivity contribution in [1.29, 1.82) is 0 Å². The van der Waals surface area contributed by atoms with Gasteiger partial charge in [0.25, 0.3) is 0 Å². The summed E-state index contributed by atoms with van der Waals surface area (Å²) in [4.78, 5) is 14.3. The molecule has 0 heterocycles. The summed E-state index contributed by atoms with van der Waals surface area (Å²) in [6.45, 7) is 13.1. The monoisotopic (exact) mass is 286 g/mol. The normalized spacial score (nSPS) is 14.9. The average molecular weight is 286 g/mol. The van der Waals surface area contributed by atoms with Crippen LogP contribution in [0.2, 0.25) is 0 Å². The van der Waals surface area contributed by atoms with Crippen molar-refractivity contribution in [3.05, 3.63) is 0 Å². The van der Waals surface area contributed by atoms with Crippen molar-refractivity contribution in [3.8, 4) is 0 Å². The molecule has 0 aromatic heterocycles. The minimum absolute atomic E-state index is 0.178. The molecule has 0 aliphatic carbocycles. The van der Waals surface area contributed by atoms with Gasteiger partial charge in [-0.3, -0.25) is 4.79 Å². The van der Waals surface area contributed by atoms with E-state index in [9.17, 15) is 4.79 Å². The molecule has 20 heavy (non-hydrogen) atoms. The average Bonchev–Trinajstić information content (AvgIpc) is 2.40. The van der Waals surface area contributed by atoms with Crippen LogP contribution in [-0.2, 0) is 9.53 Å². The minimum atomic E-state index is -0.560. The summed E-state index contributed by atoms with van der Waals surface area (Å²) >= 11 is 0. The van der Waals surface area contributed by atoms with E-state index in [2.05, 4.69) is 37.9 Å². The van der Waals surface area contributed by atoms with Gasteiger partial charge in [-0.05, 0) is 59.5 Å². The number of nitrogens with one attached hydrogen (secondary N) is 1. The second kappa shape index (κ2) is 9.35. The number of esters is 1. The smallest absolute Gasteiger partial charge is 0.325 e. The second-order valence-corrected chi connectivity index (χ2v) is 6.51. The molecule has 0 saturated heterocycles. The molecule has 1 N–H and O–H groups in total. The van der Waals surface area contributed by atoms with Crippen molar-refractivity contribution in [2.45, 2.75) is 65.5 Å². The summed E-state index contributed by atoms with van der Waals surface area (Å²) in [6, 6.07) is 0.577. The highest BCUT2D eigenvalue weighted by atomic mass is 16.5. The maximum atomic E-state index is 11.8. The van der Waals surface area contributed by atoms with E-state index in [1.807, 2.05) is 14.0 Å². The molecule has 1 unspecified atom stereocenters. The maximum absolute atomic E-state index is 11.8. The van der Waals surface area contributed by atoms with Gasteiger partial charge >= 0.3 is 5.97 Å². The number of likely N-dealkylation sites (N-methyl/N-ethyl adjacent to an activating group) is 1. The van der Waals surface area contributed by atoms with Gasteiger partial charge in [-0.2, -0.15) is 0 Å². The molecule has 0 aliphatic rings. The molecular weight excluding hydrogens is 252 g/mol. The molecule has 0 bridgehead atoms. The van der Waals surface area contributed by atoms with Gasteiger partial charge in [0.2, 0.25) is 0 Å². The molecule has 0 radical (unpaired) electrons. The van der Waals surface area contributed by atoms with E-state index in [0.29, 0.717) is 12.0 Å². The highest BCUT2D eigenvalue weighted by molar-refractivity contribution is 5.80. The van der Waals surface area contributed by atoms with E-state index in [1.165, 1.54) is 7.11 Å². The van der Waals surface area contributed by atoms with Crippen molar-refractivity contribution in [1.82, 2.24) is 10.2 Å². The fraction of sp³-hybridized carbons (Fsp3) is 0.938. The molecule has 0 rings (SSSR count). The number of rotatable bonds is 10. The highest BCUT2D eigenvalue weighted by Crippen LogP contribution is 2.16. The quantitative estimate of drug-likeness (QED) is 0.495. The molecule has 4 nitrogen and oxygen atoms in total. The zero-order valence-electron chi connectivity index (χ0n) is 14.5. The molecule has 0 aromatic rings. The predicted molar refractivity (Wildman–Crippen MR) is 84.9 cm³/mol. The minimum Gasteiger partial charge on any atom is -0.468 e. The van der Waals surface area contributed by atoms with Gasteiger partial charge in [0.1, 0.15) is 5.54 Å². The van der Waals surface area contributed by atoms with E-state index in [1.54, 1.807) is 0 Å². The van der Waals surface area contributed by atoms with Gasteiger partial charge in [-0.1, -0.05) is 13.8 Å². The molecule has 0 saturated carbocycles. The van der Waals surface area contributed by atoms with Crippen molar-refractivity contribution >= 4 is 5.97 Å². The molecule has 0 aliphatic heterocycles. The molecule has 0 spiro atoms. The Bertz CT molecular complexity index is 280. The number of methoxy groups -OCH3 is 1. The topological polar surface area (TPSA) is 41.6 Å². The number of ether oxygens (including phenoxy) is 1. The first-order valence-corrected chi connectivity index (χ1v) is 7.78. The molecule has 1 atom stereocenters. The summed E-state index contributed by atoms with van der Waals surface area (Å²) in [5.41, 5.74) is -0.560. The Hall–Kier alpha value is -0.610. The third kappa shape index (κ3) is 6.71. The van der Waals surface area contributed by atoms with Crippen LogP contribution in [0.5, 0.6) is 0 Å². The highest BCUT2D eigenvalue weighted by Gasteiger charge is 2.31. The Kier molecular flexibility index (Phi) is 9.06. The van der Waals surface area contributed by atoms with Crippen LogP contribution in [0, 0.1) is 5.92 Å². The Morgan fingerprint density at radius 3 is 2.25 bits per heavy atom. The Morgan fingerprint density at radius 2 is 1.85 bits per heavy atom. The number of carbonyl (C=O) groups excluding carboxylic acids is 1. The predicted octanol–water partition coefficient (Wildman–Crippen LogP) is 2.67. The van der Waals surface area contributed by atoms with E-state index in [0.717, 1.165) is 32.4 Å². The number of carbonyl (C=O) groups is 1. The van der Waals surface area contributed by atoms with Crippen LogP contribution < -0.4 is 5.32 Å². The first-order chi connectivity index (χ1) is 9.26. The molecular formula is C16H34N2O2. The van der Waals surface area contributed by atoms with Gasteiger partial charge in [0, 0.05) is 12.6 Å². The van der Waals surface area contributed by atoms with Gasteiger partial charge in [-0.15, -0.1) is 0 Å². The fourth-order valence-corrected chi connectivity index (χ4v) is 2.38. The number of hydrogen-bond donors (Lipinski definition) is 1. The third-order valence-electron chi connectivity index (χ3n) is 3.89. The zero-order chi connectivity index (χ0) is 15.8. The fourth-order valence-electron chi connectivity index (χ4n) is 2.38. The summed E-state index contributed by atoms with van der Waals surface area (Å²) in [7, 11) is 3.26. The van der Waals surface area contributed by atoms with Crippen LogP contribution in [0.25, 0.3) is 0 Å². The van der Waals surface area contributed by atoms with Gasteiger partial charge < -0.3 is 15.0 Å². The van der Waals surface area contributed by atoms with Crippen molar-refractivity contribution in [2.75, 3.05) is 27.2 Å². The summed E-state index contributed by atoms with van der Waals surface area (Å²) in [5.74, 6) is 0.512. The lowest BCUT2D eigenvalue weighted by Crippen LogP contribution is -2.48. The van der Waals surface area contributed by atoms with E-state index in [-0.39, 0.29) is 5.97 Å². The Labute approximate surface area is 125 Å². The Morgan fingerprint density at radius 1 is 1.25 bits per heavy atom. The standard InChI is InChI=1S/C16H34N2O2/c1-13(2)12-18(14(3)4)11-9-8-10-16(5,17-6)15(19)20-7/h13-14,17H,8-12H2,1-7H3. The first kappa shape index (κ1) is 19.4. The van der Waals surface area contributed by atoms with Crippen molar-refractivity contribution in [3.63, 3.8) is 0 Å². The van der Waals surface area contributed by atoms with Gasteiger partial charge in [-0.25, -0.2) is 0 Å². The zero-order valence-corrected chi connectivity index (χ0v) is 14.5. The van der Waals surface area contributed by atoms with Crippen LogP contribution in [0.3, 0.4) is 0 Å². The second-order valence-electron chi connectivity index (χ2n) is 6.51. The number of nitrogens with zero attached hydrogens (tertiary/aromatic N) is 1.